The van der Waals surface area contributed by atoms with Crippen molar-refractivity contribution in [1.29, 1.82) is 0 Å². The molecule has 0 fully saturated rings. The van der Waals surface area contributed by atoms with Gasteiger partial charge in [-0.25, -0.2) is 4.79 Å². The Morgan fingerprint density at radius 1 is 0.692 bits per heavy atom. The number of phenols is 2. The first-order valence-electron chi connectivity index (χ1n) is 7.53. The zero-order valence-corrected chi connectivity index (χ0v) is 12.6. The second-order valence-corrected chi connectivity index (χ2v) is 5.71. The van der Waals surface area contributed by atoms with Crippen LogP contribution < -0.4 is 0 Å². The van der Waals surface area contributed by atoms with E-state index in [-0.39, 0.29) is 70.6 Å². The van der Waals surface area contributed by atoms with Gasteiger partial charge in [0.2, 0.25) is 0 Å². The molecule has 4 nitrogen and oxygen atoms in total. The molecule has 1 heterocycles. The van der Waals surface area contributed by atoms with Gasteiger partial charge in [0.05, 0.1) is 5.56 Å². The Balaban J connectivity index is 0.00000121. The summed E-state index contributed by atoms with van der Waals surface area (Å²) in [4.78, 5) is 12.4. The zero-order valence-electron chi connectivity index (χ0n) is 12.6. The summed E-state index contributed by atoms with van der Waals surface area (Å²) >= 11 is 0. The van der Waals surface area contributed by atoms with Gasteiger partial charge in [-0.05, 0) is 30.3 Å². The van der Waals surface area contributed by atoms with Crippen LogP contribution in [0.5, 0.6) is 11.5 Å². The van der Waals surface area contributed by atoms with Crippen molar-refractivity contribution in [1.82, 2.24) is 0 Å². The molecular formula is C20H16Na2O4. The third-order valence-corrected chi connectivity index (χ3v) is 4.32. The van der Waals surface area contributed by atoms with E-state index in [1.54, 1.807) is 60.7 Å². The average molecular weight is 366 g/mol. The molecule has 4 rings (SSSR count). The number of rotatable bonds is 2. The van der Waals surface area contributed by atoms with Crippen LogP contribution in [-0.2, 0) is 10.3 Å². The molecule has 0 unspecified atom stereocenters. The molecule has 2 N–H and O–H groups in total. The van der Waals surface area contributed by atoms with Crippen LogP contribution in [0.4, 0.5) is 0 Å². The van der Waals surface area contributed by atoms with Gasteiger partial charge in [0.15, 0.2) is 5.60 Å². The number of phenolic OH excluding ortho intramolecular Hbond substituents is 2. The van der Waals surface area contributed by atoms with Crippen molar-refractivity contribution in [2.24, 2.45) is 0 Å². The van der Waals surface area contributed by atoms with Gasteiger partial charge in [-0.3, -0.25) is 0 Å². The van der Waals surface area contributed by atoms with Crippen molar-refractivity contribution in [3.8, 4) is 11.5 Å². The van der Waals surface area contributed by atoms with Crippen molar-refractivity contribution >= 4 is 65.1 Å². The van der Waals surface area contributed by atoms with E-state index < -0.39 is 11.6 Å². The van der Waals surface area contributed by atoms with E-state index >= 15 is 0 Å². The van der Waals surface area contributed by atoms with Gasteiger partial charge >= 0.3 is 65.1 Å². The third-order valence-electron chi connectivity index (χ3n) is 4.32. The molecule has 0 bridgehead atoms. The third kappa shape index (κ3) is 3.33. The van der Waals surface area contributed by atoms with Crippen LogP contribution in [0.1, 0.15) is 27.0 Å². The minimum atomic E-state index is -1.10. The Kier molecular flexibility index (Phi) is 6.61. The first-order valence-corrected chi connectivity index (χ1v) is 7.53. The number of esters is 1. The summed E-state index contributed by atoms with van der Waals surface area (Å²) in [5.74, 6) is -0.124. The van der Waals surface area contributed by atoms with Crippen LogP contribution in [0.2, 0.25) is 0 Å². The molecule has 0 saturated heterocycles. The molecule has 0 saturated carbocycles. The van der Waals surface area contributed by atoms with Gasteiger partial charge in [0.1, 0.15) is 11.5 Å². The predicted octanol–water partition coefficient (Wildman–Crippen LogP) is 2.26. The molecule has 3 aromatic carbocycles. The zero-order chi connectivity index (χ0) is 16.7. The molecule has 26 heavy (non-hydrogen) atoms. The molecule has 0 radical (unpaired) electrons. The summed E-state index contributed by atoms with van der Waals surface area (Å²) in [6.07, 6.45) is 0. The summed E-state index contributed by atoms with van der Waals surface area (Å²) in [5.41, 5.74) is 1.60. The molecular weight excluding hydrogens is 350 g/mol. The van der Waals surface area contributed by atoms with Gasteiger partial charge in [-0.1, -0.05) is 42.5 Å². The molecule has 0 aromatic heterocycles. The van der Waals surface area contributed by atoms with Crippen LogP contribution >= 0.6 is 0 Å². The van der Waals surface area contributed by atoms with Gasteiger partial charge in [0, 0.05) is 16.7 Å². The fraction of sp³-hybridized carbons (Fsp3) is 0.0500. The van der Waals surface area contributed by atoms with E-state index in [0.717, 1.165) is 16.7 Å². The molecule has 0 amide bonds. The Hall–Kier alpha value is -1.27. The van der Waals surface area contributed by atoms with E-state index in [9.17, 15) is 15.0 Å². The molecule has 6 heteroatoms. The number of cyclic esters (lactones) is 1. The number of aromatic hydroxyl groups is 2. The van der Waals surface area contributed by atoms with Crippen LogP contribution in [0.3, 0.4) is 0 Å². The number of hydrogen-bond donors (Lipinski definition) is 2. The van der Waals surface area contributed by atoms with Crippen LogP contribution in [0, 0.1) is 0 Å². The molecule has 0 spiro atoms. The second kappa shape index (κ2) is 8.17. The Morgan fingerprint density at radius 3 is 1.65 bits per heavy atom. The maximum absolute atomic E-state index is 12.4. The fourth-order valence-corrected chi connectivity index (χ4v) is 3.20. The molecule has 1 aliphatic heterocycles. The van der Waals surface area contributed by atoms with E-state index in [1.165, 1.54) is 0 Å². The van der Waals surface area contributed by atoms with E-state index in [4.69, 9.17) is 4.74 Å². The van der Waals surface area contributed by atoms with Gasteiger partial charge < -0.3 is 14.9 Å². The minimum absolute atomic E-state index is 0. The predicted molar refractivity (Wildman–Crippen MR) is 102 cm³/mol. The van der Waals surface area contributed by atoms with E-state index in [0.29, 0.717) is 5.56 Å². The molecule has 0 atom stereocenters. The maximum atomic E-state index is 12.4. The number of carbonyl (C=O) groups excluding carboxylic acids is 1. The van der Waals surface area contributed by atoms with E-state index in [1.807, 2.05) is 12.1 Å². The molecule has 122 valence electrons. The Bertz CT molecular complexity index is 876. The van der Waals surface area contributed by atoms with E-state index in [2.05, 4.69) is 0 Å². The Morgan fingerprint density at radius 2 is 1.15 bits per heavy atom. The number of benzene rings is 3. The second-order valence-electron chi connectivity index (χ2n) is 5.71. The topological polar surface area (TPSA) is 66.8 Å². The van der Waals surface area contributed by atoms with Crippen LogP contribution in [0.25, 0.3) is 0 Å². The van der Waals surface area contributed by atoms with Crippen molar-refractivity contribution in [2.75, 3.05) is 0 Å². The van der Waals surface area contributed by atoms with Gasteiger partial charge in [0.25, 0.3) is 0 Å². The Labute approximate surface area is 195 Å². The SMILES string of the molecule is O=C1OC(c2ccc(O)cc2)(c2ccc(O)cc2)c2ccccc21.[NaH].[NaH]. The number of ether oxygens (including phenoxy) is 1. The fourth-order valence-electron chi connectivity index (χ4n) is 3.20. The molecule has 0 aliphatic carbocycles. The molecule has 1 aliphatic rings. The van der Waals surface area contributed by atoms with Gasteiger partial charge in [-0.2, -0.15) is 0 Å². The van der Waals surface area contributed by atoms with Crippen LogP contribution in [-0.4, -0.2) is 75.3 Å². The standard InChI is InChI=1S/C20H14O4.2Na.2H/c21-15-9-5-13(6-10-15)20(14-7-11-16(22)12-8-14)18-4-2-1-3-17(18)19(23)24-20;;;;/h1-12,21-22H;;;;. The number of carbonyl (C=O) groups is 1. The number of fused-ring (bicyclic) bond motifs is 1. The first-order chi connectivity index (χ1) is 11.6. The van der Waals surface area contributed by atoms with Crippen molar-refractivity contribution in [3.63, 3.8) is 0 Å². The average Bonchev–Trinajstić information content (AvgIpc) is 2.91. The summed E-state index contributed by atoms with van der Waals surface area (Å²) in [6, 6.07) is 20.4. The normalized spacial score (nSPS) is 13.8. The van der Waals surface area contributed by atoms with Crippen molar-refractivity contribution < 1.29 is 19.7 Å². The summed E-state index contributed by atoms with van der Waals surface area (Å²) in [5, 5.41) is 19.2. The van der Waals surface area contributed by atoms with Gasteiger partial charge in [-0.15, -0.1) is 0 Å². The molecule has 3 aromatic rings. The quantitative estimate of drug-likeness (QED) is 0.539. The number of hydrogen-bond acceptors (Lipinski definition) is 4. The van der Waals surface area contributed by atoms with Crippen molar-refractivity contribution in [2.45, 2.75) is 5.60 Å². The first kappa shape index (κ1) is 21.0. The monoisotopic (exact) mass is 366 g/mol. The summed E-state index contributed by atoms with van der Waals surface area (Å²) < 4.78 is 5.87. The van der Waals surface area contributed by atoms with Crippen molar-refractivity contribution in [3.05, 3.63) is 95.1 Å². The summed E-state index contributed by atoms with van der Waals surface area (Å²) in [7, 11) is 0. The summed E-state index contributed by atoms with van der Waals surface area (Å²) in [6.45, 7) is 0. The van der Waals surface area contributed by atoms with Crippen LogP contribution in [0.15, 0.2) is 72.8 Å².